The summed E-state index contributed by atoms with van der Waals surface area (Å²) in [6.45, 7) is 2.74. The Morgan fingerprint density at radius 2 is 2.21 bits per heavy atom. The summed E-state index contributed by atoms with van der Waals surface area (Å²) in [6, 6.07) is 6.10. The molecule has 2 N–H and O–H groups in total. The molecule has 0 bridgehead atoms. The number of hydrogen-bond donors (Lipinski definition) is 2. The van der Waals surface area contributed by atoms with E-state index in [0.717, 1.165) is 44.0 Å². The molecule has 0 radical (unpaired) electrons. The highest BCUT2D eigenvalue weighted by Crippen LogP contribution is 2.33. The molecule has 0 saturated heterocycles. The van der Waals surface area contributed by atoms with Crippen LogP contribution in [0.4, 0.5) is 0 Å². The van der Waals surface area contributed by atoms with Crippen LogP contribution in [0.2, 0.25) is 0 Å². The SMILES string of the molecule is O=C(NCCCC1CC1)c1ccc2c(c1)CNCC2. The molecule has 1 aromatic carbocycles. The van der Waals surface area contributed by atoms with Gasteiger partial charge in [0.05, 0.1) is 0 Å². The fourth-order valence-corrected chi connectivity index (χ4v) is 2.72. The lowest BCUT2D eigenvalue weighted by Gasteiger charge is -2.17. The van der Waals surface area contributed by atoms with E-state index in [4.69, 9.17) is 0 Å². The van der Waals surface area contributed by atoms with Crippen LogP contribution in [0.25, 0.3) is 0 Å². The molecule has 0 atom stereocenters. The van der Waals surface area contributed by atoms with Crippen LogP contribution in [0.3, 0.4) is 0 Å². The highest BCUT2D eigenvalue weighted by atomic mass is 16.1. The van der Waals surface area contributed by atoms with Crippen LogP contribution in [-0.4, -0.2) is 19.0 Å². The van der Waals surface area contributed by atoms with E-state index >= 15 is 0 Å². The molecule has 1 heterocycles. The maximum Gasteiger partial charge on any atom is 0.251 e. The third kappa shape index (κ3) is 3.35. The molecule has 0 aromatic heterocycles. The summed E-state index contributed by atoms with van der Waals surface area (Å²) < 4.78 is 0. The second-order valence-electron chi connectivity index (χ2n) is 5.75. The average molecular weight is 258 g/mol. The van der Waals surface area contributed by atoms with Crippen molar-refractivity contribution in [3.05, 3.63) is 34.9 Å². The summed E-state index contributed by atoms with van der Waals surface area (Å²) in [4.78, 5) is 12.1. The number of fused-ring (bicyclic) bond motifs is 1. The van der Waals surface area contributed by atoms with Gasteiger partial charge in [-0.2, -0.15) is 0 Å². The molecule has 1 aliphatic heterocycles. The Morgan fingerprint density at radius 3 is 3.05 bits per heavy atom. The molecule has 102 valence electrons. The normalized spacial score (nSPS) is 17.9. The largest absolute Gasteiger partial charge is 0.352 e. The van der Waals surface area contributed by atoms with E-state index in [0.29, 0.717) is 0 Å². The van der Waals surface area contributed by atoms with Gasteiger partial charge in [-0.1, -0.05) is 18.9 Å². The molecular weight excluding hydrogens is 236 g/mol. The van der Waals surface area contributed by atoms with Gasteiger partial charge in [0.15, 0.2) is 0 Å². The van der Waals surface area contributed by atoms with Crippen molar-refractivity contribution in [3.63, 3.8) is 0 Å². The van der Waals surface area contributed by atoms with Crippen molar-refractivity contribution >= 4 is 5.91 Å². The predicted octanol–water partition coefficient (Wildman–Crippen LogP) is 2.25. The zero-order chi connectivity index (χ0) is 13.1. The van der Waals surface area contributed by atoms with Crippen LogP contribution in [0.1, 0.15) is 47.2 Å². The van der Waals surface area contributed by atoms with Crippen molar-refractivity contribution in [2.45, 2.75) is 38.6 Å². The maximum absolute atomic E-state index is 12.1. The van der Waals surface area contributed by atoms with Gasteiger partial charge < -0.3 is 10.6 Å². The molecule has 1 fully saturated rings. The summed E-state index contributed by atoms with van der Waals surface area (Å²) in [5, 5.41) is 6.38. The number of amides is 1. The van der Waals surface area contributed by atoms with Gasteiger partial charge in [-0.15, -0.1) is 0 Å². The molecule has 1 saturated carbocycles. The Bertz CT molecular complexity index is 466. The van der Waals surface area contributed by atoms with E-state index in [9.17, 15) is 4.79 Å². The maximum atomic E-state index is 12.1. The van der Waals surface area contributed by atoms with Crippen molar-refractivity contribution in [1.29, 1.82) is 0 Å². The summed E-state index contributed by atoms with van der Waals surface area (Å²) in [7, 11) is 0. The Kier molecular flexibility index (Phi) is 3.83. The van der Waals surface area contributed by atoms with E-state index in [1.807, 2.05) is 12.1 Å². The third-order valence-corrected chi connectivity index (χ3v) is 4.13. The van der Waals surface area contributed by atoms with E-state index in [-0.39, 0.29) is 5.91 Å². The lowest BCUT2D eigenvalue weighted by molar-refractivity contribution is 0.0952. The quantitative estimate of drug-likeness (QED) is 0.795. The molecule has 1 aliphatic carbocycles. The molecule has 2 aliphatic rings. The highest BCUT2D eigenvalue weighted by Gasteiger charge is 2.20. The first-order valence-electron chi connectivity index (χ1n) is 7.43. The Hall–Kier alpha value is -1.35. The van der Waals surface area contributed by atoms with Gasteiger partial charge in [0.1, 0.15) is 0 Å². The van der Waals surface area contributed by atoms with Gasteiger partial charge in [0.2, 0.25) is 0 Å². The smallest absolute Gasteiger partial charge is 0.251 e. The third-order valence-electron chi connectivity index (χ3n) is 4.13. The van der Waals surface area contributed by atoms with Crippen molar-refractivity contribution in [1.82, 2.24) is 10.6 Å². The Balaban J connectivity index is 1.53. The standard InChI is InChI=1S/C16H22N2O/c19-16(18-8-1-2-12-3-4-12)14-6-5-13-7-9-17-11-15(13)10-14/h5-6,10,12,17H,1-4,7-9,11H2,(H,18,19). The molecule has 1 amide bonds. The molecule has 0 spiro atoms. The van der Waals surface area contributed by atoms with Gasteiger partial charge in [-0.3, -0.25) is 4.79 Å². The second kappa shape index (κ2) is 5.74. The minimum absolute atomic E-state index is 0.0733. The predicted molar refractivity (Wildman–Crippen MR) is 76.1 cm³/mol. The number of benzene rings is 1. The summed E-state index contributed by atoms with van der Waals surface area (Å²) in [5.74, 6) is 1.02. The Morgan fingerprint density at radius 1 is 1.32 bits per heavy atom. The molecule has 3 nitrogen and oxygen atoms in total. The minimum atomic E-state index is 0.0733. The molecule has 3 rings (SSSR count). The molecule has 3 heteroatoms. The summed E-state index contributed by atoms with van der Waals surface area (Å²) in [5.41, 5.74) is 3.45. The van der Waals surface area contributed by atoms with Gasteiger partial charge in [0.25, 0.3) is 5.91 Å². The van der Waals surface area contributed by atoms with Crippen molar-refractivity contribution in [2.75, 3.05) is 13.1 Å². The number of carbonyl (C=O) groups excluding carboxylic acids is 1. The first-order chi connectivity index (χ1) is 9.33. The first kappa shape index (κ1) is 12.7. The van der Waals surface area contributed by atoms with E-state index in [2.05, 4.69) is 16.7 Å². The zero-order valence-electron chi connectivity index (χ0n) is 11.4. The topological polar surface area (TPSA) is 41.1 Å². The van der Waals surface area contributed by atoms with Gasteiger partial charge in [-0.25, -0.2) is 0 Å². The van der Waals surface area contributed by atoms with Crippen molar-refractivity contribution in [3.8, 4) is 0 Å². The number of carbonyl (C=O) groups is 1. The number of nitrogens with one attached hydrogen (secondary N) is 2. The van der Waals surface area contributed by atoms with E-state index in [1.54, 1.807) is 0 Å². The zero-order valence-corrected chi connectivity index (χ0v) is 11.4. The monoisotopic (exact) mass is 258 g/mol. The molecular formula is C16H22N2O. The van der Waals surface area contributed by atoms with Crippen LogP contribution in [0.5, 0.6) is 0 Å². The first-order valence-corrected chi connectivity index (χ1v) is 7.43. The second-order valence-corrected chi connectivity index (χ2v) is 5.75. The average Bonchev–Trinajstić information content (AvgIpc) is 3.27. The van der Waals surface area contributed by atoms with Crippen LogP contribution in [0, 0.1) is 5.92 Å². The lowest BCUT2D eigenvalue weighted by Crippen LogP contribution is -2.27. The van der Waals surface area contributed by atoms with Gasteiger partial charge in [0, 0.05) is 18.7 Å². The Labute approximate surface area is 114 Å². The van der Waals surface area contributed by atoms with Gasteiger partial charge in [-0.05, 0) is 55.0 Å². The number of hydrogen-bond acceptors (Lipinski definition) is 2. The summed E-state index contributed by atoms with van der Waals surface area (Å²) >= 11 is 0. The highest BCUT2D eigenvalue weighted by molar-refractivity contribution is 5.94. The van der Waals surface area contributed by atoms with Crippen LogP contribution in [0.15, 0.2) is 18.2 Å². The van der Waals surface area contributed by atoms with Gasteiger partial charge >= 0.3 is 0 Å². The van der Waals surface area contributed by atoms with E-state index in [1.165, 1.54) is 30.4 Å². The minimum Gasteiger partial charge on any atom is -0.352 e. The summed E-state index contributed by atoms with van der Waals surface area (Å²) in [6.07, 6.45) is 6.24. The van der Waals surface area contributed by atoms with Crippen molar-refractivity contribution < 1.29 is 4.79 Å². The number of rotatable bonds is 5. The fourth-order valence-electron chi connectivity index (χ4n) is 2.72. The van der Waals surface area contributed by atoms with Crippen molar-refractivity contribution in [2.24, 2.45) is 5.92 Å². The van der Waals surface area contributed by atoms with Crippen LogP contribution >= 0.6 is 0 Å². The fraction of sp³-hybridized carbons (Fsp3) is 0.562. The molecule has 19 heavy (non-hydrogen) atoms. The van der Waals surface area contributed by atoms with Crippen LogP contribution < -0.4 is 10.6 Å². The molecule has 1 aromatic rings. The lowest BCUT2D eigenvalue weighted by atomic mass is 9.98. The van der Waals surface area contributed by atoms with E-state index < -0.39 is 0 Å². The van der Waals surface area contributed by atoms with Crippen LogP contribution in [-0.2, 0) is 13.0 Å². The molecule has 0 unspecified atom stereocenters.